The van der Waals surface area contributed by atoms with Crippen LogP contribution in [0, 0.1) is 12.9 Å². The van der Waals surface area contributed by atoms with E-state index in [1.165, 1.54) is 22.7 Å². The molecule has 2 aromatic heterocycles. The lowest BCUT2D eigenvalue weighted by Crippen LogP contribution is -2.32. The lowest BCUT2D eigenvalue weighted by molar-refractivity contribution is -0.117. The molecule has 142 valence electrons. The van der Waals surface area contributed by atoms with Gasteiger partial charge in [0.1, 0.15) is 11.7 Å². The van der Waals surface area contributed by atoms with Gasteiger partial charge in [0.2, 0.25) is 5.95 Å². The third-order valence-electron chi connectivity index (χ3n) is 4.45. The maximum atomic E-state index is 14.7. The van der Waals surface area contributed by atoms with E-state index >= 15 is 0 Å². The summed E-state index contributed by atoms with van der Waals surface area (Å²) in [5.41, 5.74) is 1.12. The van der Waals surface area contributed by atoms with Crippen molar-refractivity contribution in [2.75, 3.05) is 10.2 Å². The van der Waals surface area contributed by atoms with Crippen LogP contribution in [-0.4, -0.2) is 33.3 Å². The minimum absolute atomic E-state index is 0.192. The summed E-state index contributed by atoms with van der Waals surface area (Å²) >= 11 is 0. The van der Waals surface area contributed by atoms with Gasteiger partial charge >= 0.3 is 6.03 Å². The number of anilines is 2. The van der Waals surface area contributed by atoms with Crippen molar-refractivity contribution in [3.63, 3.8) is 0 Å². The molecule has 0 spiro atoms. The van der Waals surface area contributed by atoms with E-state index in [1.807, 2.05) is 0 Å². The standard InChI is InChI=1S/C19H16FN5O3/c1-10-7-8-14-23-15(16(20)24(14)9-10)17(26)22-12-5-3-4-6-13(12)25-18(27)11(2)21-19(25)28/h3-9,11H,1-2H3,(H,21,28)(H,22,26)/t11-/m0/s1. The second-order valence-corrected chi connectivity index (χ2v) is 6.50. The fourth-order valence-electron chi connectivity index (χ4n) is 3.06. The highest BCUT2D eigenvalue weighted by atomic mass is 19.1. The molecule has 0 aliphatic carbocycles. The number of hydrogen-bond donors (Lipinski definition) is 2. The third-order valence-corrected chi connectivity index (χ3v) is 4.45. The largest absolute Gasteiger partial charge is 0.329 e. The first-order chi connectivity index (χ1) is 13.4. The zero-order valence-corrected chi connectivity index (χ0v) is 15.1. The molecule has 0 radical (unpaired) electrons. The zero-order chi connectivity index (χ0) is 20.0. The summed E-state index contributed by atoms with van der Waals surface area (Å²) in [5.74, 6) is -2.02. The van der Waals surface area contributed by atoms with Gasteiger partial charge in [0.25, 0.3) is 11.8 Å². The number of pyridine rings is 1. The number of nitrogens with zero attached hydrogens (tertiary/aromatic N) is 3. The van der Waals surface area contributed by atoms with Crippen molar-refractivity contribution in [2.45, 2.75) is 19.9 Å². The number of aromatic nitrogens is 2. The number of fused-ring (bicyclic) bond motifs is 1. The van der Waals surface area contributed by atoms with Crippen LogP contribution < -0.4 is 15.5 Å². The van der Waals surface area contributed by atoms with Crippen molar-refractivity contribution in [1.82, 2.24) is 14.7 Å². The van der Waals surface area contributed by atoms with Crippen molar-refractivity contribution in [1.29, 1.82) is 0 Å². The molecule has 1 fully saturated rings. The summed E-state index contributed by atoms with van der Waals surface area (Å²) < 4.78 is 15.8. The highest BCUT2D eigenvalue weighted by molar-refractivity contribution is 6.23. The molecule has 1 aromatic carbocycles. The number of carbonyl (C=O) groups is 3. The summed E-state index contributed by atoms with van der Waals surface area (Å²) in [6.07, 6.45) is 1.54. The van der Waals surface area contributed by atoms with E-state index in [0.717, 1.165) is 10.5 Å². The molecule has 4 rings (SSSR count). The van der Waals surface area contributed by atoms with Crippen molar-refractivity contribution >= 4 is 34.9 Å². The number of carbonyl (C=O) groups excluding carboxylic acids is 3. The molecule has 1 saturated heterocycles. The van der Waals surface area contributed by atoms with E-state index in [9.17, 15) is 18.8 Å². The Kier molecular flexibility index (Phi) is 4.07. The van der Waals surface area contributed by atoms with Crippen LogP contribution in [-0.2, 0) is 4.79 Å². The topological polar surface area (TPSA) is 95.8 Å². The number of amides is 4. The second-order valence-electron chi connectivity index (χ2n) is 6.50. The van der Waals surface area contributed by atoms with E-state index < -0.39 is 29.8 Å². The third kappa shape index (κ3) is 2.77. The van der Waals surface area contributed by atoms with Gasteiger partial charge in [-0.15, -0.1) is 0 Å². The first-order valence-electron chi connectivity index (χ1n) is 8.56. The van der Waals surface area contributed by atoms with E-state index in [2.05, 4.69) is 15.6 Å². The molecule has 9 heteroatoms. The van der Waals surface area contributed by atoms with Crippen LogP contribution in [0.2, 0.25) is 0 Å². The summed E-state index contributed by atoms with van der Waals surface area (Å²) in [5, 5.41) is 5.06. The number of para-hydroxylation sites is 2. The summed E-state index contributed by atoms with van der Waals surface area (Å²) in [6, 6.07) is 8.41. The Bertz CT molecular complexity index is 1140. The van der Waals surface area contributed by atoms with Gasteiger partial charge in [-0.1, -0.05) is 18.2 Å². The van der Waals surface area contributed by atoms with Crippen LogP contribution in [0.1, 0.15) is 23.0 Å². The fourth-order valence-corrected chi connectivity index (χ4v) is 3.06. The number of aryl methyl sites for hydroxylation is 1. The molecule has 0 unspecified atom stereocenters. The lowest BCUT2D eigenvalue weighted by atomic mass is 10.2. The van der Waals surface area contributed by atoms with E-state index in [4.69, 9.17) is 0 Å². The highest BCUT2D eigenvalue weighted by Gasteiger charge is 2.37. The Balaban J connectivity index is 1.69. The minimum Gasteiger partial charge on any atom is -0.326 e. The van der Waals surface area contributed by atoms with Gasteiger partial charge in [-0.25, -0.2) is 14.7 Å². The van der Waals surface area contributed by atoms with E-state index in [1.54, 1.807) is 38.1 Å². The van der Waals surface area contributed by atoms with Crippen molar-refractivity contribution < 1.29 is 18.8 Å². The number of benzene rings is 1. The van der Waals surface area contributed by atoms with Gasteiger partial charge in [-0.3, -0.25) is 14.0 Å². The number of urea groups is 1. The van der Waals surface area contributed by atoms with Crippen LogP contribution in [0.25, 0.3) is 5.65 Å². The van der Waals surface area contributed by atoms with Crippen molar-refractivity contribution in [2.24, 2.45) is 0 Å². The Morgan fingerprint density at radius 2 is 1.96 bits per heavy atom. The Hall–Kier alpha value is -3.75. The quantitative estimate of drug-likeness (QED) is 0.682. The van der Waals surface area contributed by atoms with Crippen molar-refractivity contribution in [3.05, 3.63) is 59.8 Å². The Labute approximate surface area is 159 Å². The van der Waals surface area contributed by atoms with Gasteiger partial charge in [-0.05, 0) is 37.6 Å². The van der Waals surface area contributed by atoms with E-state index in [-0.39, 0.29) is 17.1 Å². The maximum Gasteiger partial charge on any atom is 0.329 e. The Morgan fingerprint density at radius 1 is 1.21 bits per heavy atom. The van der Waals surface area contributed by atoms with Gasteiger partial charge in [-0.2, -0.15) is 4.39 Å². The number of hydrogen-bond acceptors (Lipinski definition) is 4. The number of nitrogens with one attached hydrogen (secondary N) is 2. The first-order valence-corrected chi connectivity index (χ1v) is 8.56. The van der Waals surface area contributed by atoms with E-state index in [0.29, 0.717) is 5.65 Å². The van der Waals surface area contributed by atoms with Crippen molar-refractivity contribution in [3.8, 4) is 0 Å². The SMILES string of the molecule is Cc1ccc2nc(C(=O)Nc3ccccc3N3C(=O)N[C@@H](C)C3=O)c(F)n2c1. The van der Waals surface area contributed by atoms with Crippen LogP contribution in [0.15, 0.2) is 42.6 Å². The molecule has 28 heavy (non-hydrogen) atoms. The summed E-state index contributed by atoms with van der Waals surface area (Å²) in [7, 11) is 0. The molecule has 1 aliphatic heterocycles. The molecular formula is C19H16FN5O3. The number of rotatable bonds is 3. The van der Waals surface area contributed by atoms with Crippen LogP contribution in [0.3, 0.4) is 0 Å². The number of imide groups is 1. The predicted molar refractivity (Wildman–Crippen MR) is 99.8 cm³/mol. The first kappa shape index (κ1) is 17.7. The molecule has 0 bridgehead atoms. The molecular weight excluding hydrogens is 365 g/mol. The molecule has 1 aliphatic rings. The molecule has 3 heterocycles. The second kappa shape index (κ2) is 6.45. The van der Waals surface area contributed by atoms with Gasteiger partial charge in [0, 0.05) is 6.20 Å². The highest BCUT2D eigenvalue weighted by Crippen LogP contribution is 2.29. The lowest BCUT2D eigenvalue weighted by Gasteiger charge is -2.17. The molecule has 1 atom stereocenters. The molecule has 8 nitrogen and oxygen atoms in total. The average Bonchev–Trinajstić information content (AvgIpc) is 3.12. The molecule has 3 aromatic rings. The van der Waals surface area contributed by atoms with Gasteiger partial charge in [0.05, 0.1) is 11.4 Å². The normalized spacial score (nSPS) is 16.5. The van der Waals surface area contributed by atoms with Gasteiger partial charge < -0.3 is 10.6 Å². The van der Waals surface area contributed by atoms with Crippen LogP contribution >= 0.6 is 0 Å². The van der Waals surface area contributed by atoms with Crippen LogP contribution in [0.5, 0.6) is 0 Å². The fraction of sp³-hybridized carbons (Fsp3) is 0.158. The van der Waals surface area contributed by atoms with Crippen LogP contribution in [0.4, 0.5) is 20.6 Å². The average molecular weight is 381 g/mol. The smallest absolute Gasteiger partial charge is 0.326 e. The predicted octanol–water partition coefficient (Wildman–Crippen LogP) is 2.48. The summed E-state index contributed by atoms with van der Waals surface area (Å²) in [4.78, 5) is 42.0. The Morgan fingerprint density at radius 3 is 2.68 bits per heavy atom. The minimum atomic E-state index is -0.794. The monoisotopic (exact) mass is 381 g/mol. The maximum absolute atomic E-state index is 14.7. The number of halogens is 1. The summed E-state index contributed by atoms with van der Waals surface area (Å²) in [6.45, 7) is 3.36. The zero-order valence-electron chi connectivity index (χ0n) is 15.1. The molecule has 0 saturated carbocycles. The molecule has 2 N–H and O–H groups in total. The van der Waals surface area contributed by atoms with Gasteiger partial charge in [0.15, 0.2) is 5.69 Å². The molecule has 4 amide bonds. The number of imidazole rings is 1.